The van der Waals surface area contributed by atoms with Gasteiger partial charge in [-0.05, 0) is 69.1 Å². The standard InChI is InChI=1S/C21H28ClN3O2/c22-19-13-17(6-7-18(19)21(27)25-8-2-1-3-9-25)24-20(26)12-14-10-15-4-5-16(11-14)23-15/h6-7,13-16,23H,1-5,8-12H2,(H,24,26). The van der Waals surface area contributed by atoms with Crippen LogP contribution in [0.5, 0.6) is 0 Å². The molecule has 6 heteroatoms. The van der Waals surface area contributed by atoms with Crippen molar-refractivity contribution in [3.05, 3.63) is 28.8 Å². The van der Waals surface area contributed by atoms with E-state index in [0.29, 0.717) is 40.7 Å². The summed E-state index contributed by atoms with van der Waals surface area (Å²) in [6.45, 7) is 1.60. The molecular weight excluding hydrogens is 362 g/mol. The van der Waals surface area contributed by atoms with Crippen molar-refractivity contribution in [3.8, 4) is 0 Å². The minimum Gasteiger partial charge on any atom is -0.339 e. The normalized spacial score (nSPS) is 27.4. The fourth-order valence-electron chi connectivity index (χ4n) is 4.85. The second-order valence-electron chi connectivity index (χ2n) is 8.28. The highest BCUT2D eigenvalue weighted by Crippen LogP contribution is 2.33. The van der Waals surface area contributed by atoms with Crippen molar-refractivity contribution in [1.29, 1.82) is 0 Å². The summed E-state index contributed by atoms with van der Waals surface area (Å²) in [7, 11) is 0. The van der Waals surface area contributed by atoms with Gasteiger partial charge in [0, 0.05) is 37.3 Å². The zero-order chi connectivity index (χ0) is 18.8. The quantitative estimate of drug-likeness (QED) is 0.822. The number of rotatable bonds is 4. The number of fused-ring (bicyclic) bond motifs is 2. The third-order valence-electron chi connectivity index (χ3n) is 6.17. The van der Waals surface area contributed by atoms with E-state index in [4.69, 9.17) is 11.6 Å². The predicted molar refractivity (Wildman–Crippen MR) is 107 cm³/mol. The molecule has 146 valence electrons. The number of nitrogens with one attached hydrogen (secondary N) is 2. The van der Waals surface area contributed by atoms with Crippen LogP contribution in [-0.4, -0.2) is 41.9 Å². The number of halogens is 1. The Kier molecular flexibility index (Phi) is 5.69. The van der Waals surface area contributed by atoms with Crippen LogP contribution in [0.25, 0.3) is 0 Å². The second-order valence-corrected chi connectivity index (χ2v) is 8.68. The Bertz CT molecular complexity index is 705. The minimum absolute atomic E-state index is 0.0113. The maximum Gasteiger partial charge on any atom is 0.255 e. The summed E-state index contributed by atoms with van der Waals surface area (Å²) in [5.74, 6) is 0.481. The summed E-state index contributed by atoms with van der Waals surface area (Å²) >= 11 is 6.36. The number of hydrogen-bond donors (Lipinski definition) is 2. The van der Waals surface area contributed by atoms with Crippen LogP contribution in [-0.2, 0) is 4.79 Å². The largest absolute Gasteiger partial charge is 0.339 e. The molecule has 0 aromatic heterocycles. The van der Waals surface area contributed by atoms with Gasteiger partial charge >= 0.3 is 0 Å². The number of anilines is 1. The molecule has 2 atom stereocenters. The third-order valence-corrected chi connectivity index (χ3v) is 6.48. The Balaban J connectivity index is 1.34. The van der Waals surface area contributed by atoms with Crippen LogP contribution in [0, 0.1) is 5.92 Å². The zero-order valence-electron chi connectivity index (χ0n) is 15.7. The molecule has 1 aromatic rings. The van der Waals surface area contributed by atoms with E-state index in [1.165, 1.54) is 19.3 Å². The van der Waals surface area contributed by atoms with Gasteiger partial charge in [0.25, 0.3) is 5.91 Å². The average molecular weight is 390 g/mol. The number of piperidine rings is 2. The van der Waals surface area contributed by atoms with Gasteiger partial charge in [-0.3, -0.25) is 9.59 Å². The molecule has 3 saturated heterocycles. The summed E-state index contributed by atoms with van der Waals surface area (Å²) in [5.41, 5.74) is 1.18. The van der Waals surface area contributed by atoms with E-state index in [0.717, 1.165) is 38.8 Å². The summed E-state index contributed by atoms with van der Waals surface area (Å²) < 4.78 is 0. The van der Waals surface area contributed by atoms with Crippen molar-refractivity contribution in [1.82, 2.24) is 10.2 Å². The van der Waals surface area contributed by atoms with Crippen LogP contribution in [0.1, 0.15) is 61.7 Å². The highest BCUT2D eigenvalue weighted by molar-refractivity contribution is 6.34. The van der Waals surface area contributed by atoms with Crippen LogP contribution in [0.4, 0.5) is 5.69 Å². The molecule has 2 unspecified atom stereocenters. The number of hydrogen-bond acceptors (Lipinski definition) is 3. The van der Waals surface area contributed by atoms with Crippen LogP contribution in [0.15, 0.2) is 18.2 Å². The molecule has 3 aliphatic heterocycles. The summed E-state index contributed by atoms with van der Waals surface area (Å²) in [5, 5.41) is 6.97. The van der Waals surface area contributed by atoms with E-state index < -0.39 is 0 Å². The smallest absolute Gasteiger partial charge is 0.255 e. The number of benzene rings is 1. The van der Waals surface area contributed by atoms with Gasteiger partial charge in [-0.2, -0.15) is 0 Å². The van der Waals surface area contributed by atoms with Crippen molar-refractivity contribution in [2.75, 3.05) is 18.4 Å². The first kappa shape index (κ1) is 18.8. The molecule has 4 rings (SSSR count). The van der Waals surface area contributed by atoms with Gasteiger partial charge < -0.3 is 15.5 Å². The Labute approximate surface area is 165 Å². The van der Waals surface area contributed by atoms with Crippen molar-refractivity contribution < 1.29 is 9.59 Å². The number of carbonyl (C=O) groups is 2. The molecule has 0 radical (unpaired) electrons. The van der Waals surface area contributed by atoms with Gasteiger partial charge in [0.1, 0.15) is 0 Å². The molecule has 2 N–H and O–H groups in total. The van der Waals surface area contributed by atoms with Gasteiger partial charge in [0.15, 0.2) is 0 Å². The lowest BCUT2D eigenvalue weighted by atomic mass is 9.89. The average Bonchev–Trinajstić information content (AvgIpc) is 3.00. The van der Waals surface area contributed by atoms with Gasteiger partial charge in [-0.25, -0.2) is 0 Å². The highest BCUT2D eigenvalue weighted by atomic mass is 35.5. The van der Waals surface area contributed by atoms with Crippen molar-refractivity contribution in [2.45, 2.75) is 63.5 Å². The number of carbonyl (C=O) groups excluding carboxylic acids is 2. The molecule has 3 heterocycles. The number of likely N-dealkylation sites (tertiary alicyclic amines) is 1. The first-order chi connectivity index (χ1) is 13.1. The molecule has 3 aliphatic rings. The van der Waals surface area contributed by atoms with Crippen molar-refractivity contribution >= 4 is 29.1 Å². The topological polar surface area (TPSA) is 61.4 Å². The second kappa shape index (κ2) is 8.19. The van der Waals surface area contributed by atoms with E-state index in [9.17, 15) is 9.59 Å². The minimum atomic E-state index is -0.0113. The first-order valence-corrected chi connectivity index (χ1v) is 10.6. The van der Waals surface area contributed by atoms with Gasteiger partial charge in [-0.1, -0.05) is 11.6 Å². The van der Waals surface area contributed by atoms with Gasteiger partial charge in [-0.15, -0.1) is 0 Å². The molecule has 2 bridgehead atoms. The van der Waals surface area contributed by atoms with E-state index in [1.54, 1.807) is 18.2 Å². The zero-order valence-corrected chi connectivity index (χ0v) is 16.4. The van der Waals surface area contributed by atoms with Crippen LogP contribution in [0.2, 0.25) is 5.02 Å². The Morgan fingerprint density at radius 1 is 1.11 bits per heavy atom. The van der Waals surface area contributed by atoms with Crippen molar-refractivity contribution in [2.24, 2.45) is 5.92 Å². The highest BCUT2D eigenvalue weighted by Gasteiger charge is 2.34. The van der Waals surface area contributed by atoms with Crippen LogP contribution < -0.4 is 10.6 Å². The number of amides is 2. The van der Waals surface area contributed by atoms with Gasteiger partial charge in [0.05, 0.1) is 10.6 Å². The molecule has 1 aromatic carbocycles. The fraction of sp³-hybridized carbons (Fsp3) is 0.619. The Morgan fingerprint density at radius 2 is 1.81 bits per heavy atom. The molecule has 0 aliphatic carbocycles. The van der Waals surface area contributed by atoms with E-state index in [1.807, 2.05) is 4.90 Å². The molecular formula is C21H28ClN3O2. The Hall–Kier alpha value is -1.59. The van der Waals surface area contributed by atoms with Crippen LogP contribution >= 0.6 is 11.6 Å². The molecule has 0 saturated carbocycles. The predicted octanol–water partition coefficient (Wildman–Crippen LogP) is 3.83. The first-order valence-electron chi connectivity index (χ1n) is 10.2. The van der Waals surface area contributed by atoms with E-state index in [2.05, 4.69) is 10.6 Å². The summed E-state index contributed by atoms with van der Waals surface area (Å²) in [4.78, 5) is 26.9. The lowest BCUT2D eigenvalue weighted by molar-refractivity contribution is -0.117. The molecule has 0 spiro atoms. The van der Waals surface area contributed by atoms with E-state index in [-0.39, 0.29) is 11.8 Å². The van der Waals surface area contributed by atoms with Gasteiger partial charge in [0.2, 0.25) is 5.91 Å². The number of nitrogens with zero attached hydrogens (tertiary/aromatic N) is 1. The Morgan fingerprint density at radius 3 is 2.48 bits per heavy atom. The van der Waals surface area contributed by atoms with Crippen molar-refractivity contribution in [3.63, 3.8) is 0 Å². The third kappa shape index (κ3) is 4.46. The molecule has 27 heavy (non-hydrogen) atoms. The molecule has 3 fully saturated rings. The lowest BCUT2D eigenvalue weighted by Gasteiger charge is -2.28. The fourth-order valence-corrected chi connectivity index (χ4v) is 5.11. The van der Waals surface area contributed by atoms with E-state index >= 15 is 0 Å². The molecule has 5 nitrogen and oxygen atoms in total. The summed E-state index contributed by atoms with van der Waals surface area (Å²) in [6.07, 6.45) is 8.51. The monoisotopic (exact) mass is 389 g/mol. The maximum atomic E-state index is 12.6. The molecule has 2 amide bonds. The lowest BCUT2D eigenvalue weighted by Crippen LogP contribution is -2.39. The van der Waals surface area contributed by atoms with Crippen LogP contribution in [0.3, 0.4) is 0 Å². The SMILES string of the molecule is O=C(CC1CC2CCC(C1)N2)Nc1ccc(C(=O)N2CCCCC2)c(Cl)c1. The summed E-state index contributed by atoms with van der Waals surface area (Å²) in [6, 6.07) is 6.40. The maximum absolute atomic E-state index is 12.6.